The molecule has 2 rings (SSSR count). The molecule has 1 N–H and O–H groups in total. The van der Waals surface area contributed by atoms with Crippen LogP contribution < -0.4 is 10.1 Å². The fraction of sp³-hybridized carbons (Fsp3) is 0.385. The predicted octanol–water partition coefficient (Wildman–Crippen LogP) is 1.53. The van der Waals surface area contributed by atoms with Gasteiger partial charge >= 0.3 is 0 Å². The van der Waals surface area contributed by atoms with Crippen molar-refractivity contribution >= 4 is 5.91 Å². The predicted molar refractivity (Wildman–Crippen MR) is 70.2 cm³/mol. The Balaban J connectivity index is 2.08. The van der Waals surface area contributed by atoms with E-state index in [2.05, 4.69) is 25.0 Å². The van der Waals surface area contributed by atoms with E-state index in [0.29, 0.717) is 23.9 Å². The number of hydrogen-bond acceptors (Lipinski definition) is 6. The molecule has 0 saturated carbocycles. The van der Waals surface area contributed by atoms with Gasteiger partial charge in [-0.05, 0) is 26.8 Å². The molecule has 2 aromatic rings. The molecule has 7 heteroatoms. The van der Waals surface area contributed by atoms with Crippen LogP contribution in [0.5, 0.6) is 5.88 Å². The molecule has 0 radical (unpaired) electrons. The third-order valence-corrected chi connectivity index (χ3v) is 2.64. The highest BCUT2D eigenvalue weighted by Gasteiger charge is 2.27. The molecule has 0 aliphatic rings. The zero-order valence-corrected chi connectivity index (χ0v) is 11.6. The molecule has 0 aliphatic heterocycles. The van der Waals surface area contributed by atoms with Crippen molar-refractivity contribution in [2.24, 2.45) is 0 Å². The average Bonchev–Trinajstić information content (AvgIpc) is 2.94. The van der Waals surface area contributed by atoms with Crippen molar-refractivity contribution < 1.29 is 14.1 Å². The van der Waals surface area contributed by atoms with Crippen LogP contribution in [0.15, 0.2) is 29.2 Å². The fourth-order valence-electron chi connectivity index (χ4n) is 1.61. The van der Waals surface area contributed by atoms with Gasteiger partial charge in [-0.25, -0.2) is 4.98 Å². The van der Waals surface area contributed by atoms with Gasteiger partial charge in [-0.1, -0.05) is 5.16 Å². The SMILES string of the molecule is CCOc1ccc(C(=O)NC(C)(C)c2ncon2)cn1. The van der Waals surface area contributed by atoms with Crippen LogP contribution in [-0.2, 0) is 5.54 Å². The number of amides is 1. The van der Waals surface area contributed by atoms with E-state index in [-0.39, 0.29) is 5.91 Å². The third kappa shape index (κ3) is 3.11. The van der Waals surface area contributed by atoms with E-state index in [1.165, 1.54) is 12.6 Å². The minimum atomic E-state index is -0.733. The van der Waals surface area contributed by atoms with Gasteiger partial charge in [-0.2, -0.15) is 4.98 Å². The average molecular weight is 276 g/mol. The van der Waals surface area contributed by atoms with Gasteiger partial charge in [0.1, 0.15) is 0 Å². The van der Waals surface area contributed by atoms with Gasteiger partial charge in [0.25, 0.3) is 5.91 Å². The van der Waals surface area contributed by atoms with Crippen LogP contribution in [-0.4, -0.2) is 27.6 Å². The summed E-state index contributed by atoms with van der Waals surface area (Å²) in [7, 11) is 0. The molecule has 0 spiro atoms. The fourth-order valence-corrected chi connectivity index (χ4v) is 1.61. The lowest BCUT2D eigenvalue weighted by molar-refractivity contribution is 0.0907. The van der Waals surface area contributed by atoms with Crippen LogP contribution in [0.4, 0.5) is 0 Å². The first kappa shape index (κ1) is 14.0. The number of aromatic nitrogens is 3. The van der Waals surface area contributed by atoms with Crippen LogP contribution in [0, 0.1) is 0 Å². The molecule has 2 aromatic heterocycles. The smallest absolute Gasteiger partial charge is 0.253 e. The van der Waals surface area contributed by atoms with Gasteiger partial charge in [0.2, 0.25) is 12.3 Å². The second kappa shape index (κ2) is 5.68. The van der Waals surface area contributed by atoms with Crippen molar-refractivity contribution in [1.29, 1.82) is 0 Å². The van der Waals surface area contributed by atoms with Crippen molar-refractivity contribution in [1.82, 2.24) is 20.4 Å². The van der Waals surface area contributed by atoms with E-state index in [1.807, 2.05) is 6.92 Å². The maximum atomic E-state index is 12.1. The van der Waals surface area contributed by atoms with Crippen molar-refractivity contribution in [3.63, 3.8) is 0 Å². The lowest BCUT2D eigenvalue weighted by atomic mass is 10.0. The molecule has 1 amide bonds. The number of nitrogens with one attached hydrogen (secondary N) is 1. The largest absolute Gasteiger partial charge is 0.478 e. The van der Waals surface area contributed by atoms with Gasteiger partial charge in [-0.3, -0.25) is 4.79 Å². The Hall–Kier alpha value is -2.44. The van der Waals surface area contributed by atoms with Crippen LogP contribution in [0.1, 0.15) is 37.0 Å². The summed E-state index contributed by atoms with van der Waals surface area (Å²) in [4.78, 5) is 20.1. The molecule has 106 valence electrons. The Morgan fingerprint density at radius 1 is 1.40 bits per heavy atom. The van der Waals surface area contributed by atoms with Crippen LogP contribution in [0.25, 0.3) is 0 Å². The first-order valence-corrected chi connectivity index (χ1v) is 6.21. The molecule has 0 saturated heterocycles. The number of carbonyl (C=O) groups excluding carboxylic acids is 1. The molecular weight excluding hydrogens is 260 g/mol. The van der Waals surface area contributed by atoms with E-state index in [9.17, 15) is 4.79 Å². The number of hydrogen-bond donors (Lipinski definition) is 1. The molecule has 0 fully saturated rings. The number of ether oxygens (including phenoxy) is 1. The summed E-state index contributed by atoms with van der Waals surface area (Å²) in [6, 6.07) is 3.30. The number of pyridine rings is 1. The standard InChI is InChI=1S/C13H16N4O3/c1-4-19-10-6-5-9(7-14-10)11(18)16-13(2,3)12-15-8-20-17-12/h5-8H,4H2,1-3H3,(H,16,18). The van der Waals surface area contributed by atoms with Gasteiger partial charge in [0.05, 0.1) is 17.7 Å². The molecule has 7 nitrogen and oxygen atoms in total. The van der Waals surface area contributed by atoms with Crippen molar-refractivity contribution in [3.8, 4) is 5.88 Å². The van der Waals surface area contributed by atoms with Gasteiger partial charge < -0.3 is 14.6 Å². The Labute approximate surface area is 116 Å². The zero-order chi connectivity index (χ0) is 14.6. The van der Waals surface area contributed by atoms with Gasteiger partial charge in [0, 0.05) is 12.3 Å². The number of carbonyl (C=O) groups is 1. The Morgan fingerprint density at radius 3 is 2.75 bits per heavy atom. The molecule has 0 bridgehead atoms. The van der Waals surface area contributed by atoms with E-state index >= 15 is 0 Å². The molecular formula is C13H16N4O3. The third-order valence-electron chi connectivity index (χ3n) is 2.64. The van der Waals surface area contributed by atoms with E-state index < -0.39 is 5.54 Å². The lowest BCUT2D eigenvalue weighted by Gasteiger charge is -2.22. The van der Waals surface area contributed by atoms with E-state index in [4.69, 9.17) is 4.74 Å². The first-order valence-electron chi connectivity index (χ1n) is 6.21. The topological polar surface area (TPSA) is 90.1 Å². The van der Waals surface area contributed by atoms with Crippen LogP contribution in [0.3, 0.4) is 0 Å². The Bertz CT molecular complexity index is 564. The molecule has 0 atom stereocenters. The summed E-state index contributed by atoms with van der Waals surface area (Å²) < 4.78 is 9.91. The summed E-state index contributed by atoms with van der Waals surface area (Å²) in [5.74, 6) is 0.626. The summed E-state index contributed by atoms with van der Waals surface area (Å²) in [6.07, 6.45) is 2.69. The number of rotatable bonds is 5. The molecule has 0 unspecified atom stereocenters. The lowest BCUT2D eigenvalue weighted by Crippen LogP contribution is -2.41. The molecule has 2 heterocycles. The van der Waals surface area contributed by atoms with E-state index in [1.54, 1.807) is 26.0 Å². The van der Waals surface area contributed by atoms with Crippen LogP contribution in [0.2, 0.25) is 0 Å². The minimum Gasteiger partial charge on any atom is -0.478 e. The summed E-state index contributed by atoms with van der Waals surface area (Å²) >= 11 is 0. The second-order valence-corrected chi connectivity index (χ2v) is 4.65. The van der Waals surface area contributed by atoms with Crippen molar-refractivity contribution in [3.05, 3.63) is 36.1 Å². The molecule has 0 aliphatic carbocycles. The Kier molecular flexibility index (Phi) is 3.97. The van der Waals surface area contributed by atoms with Crippen LogP contribution >= 0.6 is 0 Å². The second-order valence-electron chi connectivity index (χ2n) is 4.65. The quantitative estimate of drug-likeness (QED) is 0.890. The minimum absolute atomic E-state index is 0.268. The zero-order valence-electron chi connectivity index (χ0n) is 11.6. The number of nitrogens with zero attached hydrogens (tertiary/aromatic N) is 3. The maximum Gasteiger partial charge on any atom is 0.253 e. The summed E-state index contributed by atoms with van der Waals surface area (Å²) in [6.45, 7) is 5.98. The highest BCUT2D eigenvalue weighted by atomic mass is 16.5. The monoisotopic (exact) mass is 276 g/mol. The summed E-state index contributed by atoms with van der Waals surface area (Å²) in [5, 5.41) is 6.56. The van der Waals surface area contributed by atoms with Crippen molar-refractivity contribution in [2.75, 3.05) is 6.61 Å². The van der Waals surface area contributed by atoms with Gasteiger partial charge in [-0.15, -0.1) is 0 Å². The maximum absolute atomic E-state index is 12.1. The highest BCUT2D eigenvalue weighted by molar-refractivity contribution is 5.94. The normalized spacial score (nSPS) is 11.2. The van der Waals surface area contributed by atoms with Crippen molar-refractivity contribution in [2.45, 2.75) is 26.3 Å². The summed E-state index contributed by atoms with van der Waals surface area (Å²) in [5.41, 5.74) is -0.298. The molecule has 20 heavy (non-hydrogen) atoms. The molecule has 0 aromatic carbocycles. The first-order chi connectivity index (χ1) is 9.53. The van der Waals surface area contributed by atoms with E-state index in [0.717, 1.165) is 0 Å². The Morgan fingerprint density at radius 2 is 2.20 bits per heavy atom. The highest BCUT2D eigenvalue weighted by Crippen LogP contribution is 2.16. The van der Waals surface area contributed by atoms with Gasteiger partial charge in [0.15, 0.2) is 5.82 Å².